The monoisotopic (exact) mass is 311 g/mol. The number of pyridine rings is 1. The van der Waals surface area contributed by atoms with Crippen LogP contribution in [0.4, 0.5) is 0 Å². The van der Waals surface area contributed by atoms with Gasteiger partial charge in [-0.05, 0) is 34.6 Å². The lowest BCUT2D eigenvalue weighted by molar-refractivity contribution is -0.646. The van der Waals surface area contributed by atoms with Gasteiger partial charge in [0.15, 0.2) is 6.20 Å². The third-order valence-corrected chi connectivity index (χ3v) is 4.32. The lowest BCUT2D eigenvalue weighted by Crippen LogP contribution is -2.29. The maximum absolute atomic E-state index is 12.6. The van der Waals surface area contributed by atoms with Crippen LogP contribution in [0, 0.1) is 0 Å². The Morgan fingerprint density at radius 2 is 1.21 bits per heavy atom. The molecule has 0 bridgehead atoms. The molecule has 116 valence electrons. The molecule has 0 atom stereocenters. The van der Waals surface area contributed by atoms with Gasteiger partial charge in [-0.1, -0.05) is 66.7 Å². The van der Waals surface area contributed by atoms with Crippen LogP contribution in [0.3, 0.4) is 0 Å². The molecule has 1 aromatic heterocycles. The minimum Gasteiger partial charge on any atom is -0.868 e. The van der Waals surface area contributed by atoms with E-state index in [1.165, 1.54) is 0 Å². The number of fused-ring (bicyclic) bond motifs is 1. The largest absolute Gasteiger partial charge is 0.868 e. The Morgan fingerprint density at radius 1 is 0.667 bits per heavy atom. The van der Waals surface area contributed by atoms with E-state index in [9.17, 15) is 5.11 Å². The molecule has 0 aliphatic carbocycles. The van der Waals surface area contributed by atoms with Crippen LogP contribution in [-0.2, 0) is 7.05 Å². The van der Waals surface area contributed by atoms with Gasteiger partial charge in [0.25, 0.3) is 0 Å². The SMILES string of the molecule is C[n+]1cc(-c2ccccc2)cc2cc(-c3ccccc3)cc([O-])c21. The van der Waals surface area contributed by atoms with Crippen LogP contribution in [0.15, 0.2) is 85.1 Å². The van der Waals surface area contributed by atoms with Gasteiger partial charge in [-0.25, -0.2) is 4.57 Å². The molecule has 4 aromatic rings. The highest BCUT2D eigenvalue weighted by Crippen LogP contribution is 2.30. The molecule has 0 unspecified atom stereocenters. The molecular weight excluding hydrogens is 294 g/mol. The van der Waals surface area contributed by atoms with Crippen molar-refractivity contribution in [3.8, 4) is 28.0 Å². The summed E-state index contributed by atoms with van der Waals surface area (Å²) in [6, 6.07) is 26.2. The van der Waals surface area contributed by atoms with Crippen LogP contribution in [0.1, 0.15) is 0 Å². The molecule has 2 nitrogen and oxygen atoms in total. The van der Waals surface area contributed by atoms with Gasteiger partial charge in [0.1, 0.15) is 7.05 Å². The van der Waals surface area contributed by atoms with E-state index in [2.05, 4.69) is 24.3 Å². The zero-order valence-corrected chi connectivity index (χ0v) is 13.4. The quantitative estimate of drug-likeness (QED) is 0.513. The Balaban J connectivity index is 1.96. The summed E-state index contributed by atoms with van der Waals surface area (Å²) in [5, 5.41) is 13.6. The molecule has 0 N–H and O–H groups in total. The highest BCUT2D eigenvalue weighted by Gasteiger charge is 2.12. The van der Waals surface area contributed by atoms with E-state index in [-0.39, 0.29) is 5.75 Å². The van der Waals surface area contributed by atoms with Crippen LogP contribution in [0.5, 0.6) is 5.75 Å². The summed E-state index contributed by atoms with van der Waals surface area (Å²) in [5.41, 5.74) is 5.00. The summed E-state index contributed by atoms with van der Waals surface area (Å²) in [6.07, 6.45) is 2.02. The van der Waals surface area contributed by atoms with E-state index in [1.54, 1.807) is 6.07 Å². The minimum atomic E-state index is 0.0495. The van der Waals surface area contributed by atoms with E-state index in [0.29, 0.717) is 0 Å². The van der Waals surface area contributed by atoms with Crippen molar-refractivity contribution in [2.75, 3.05) is 0 Å². The molecule has 0 radical (unpaired) electrons. The summed E-state index contributed by atoms with van der Waals surface area (Å²) in [7, 11) is 1.93. The second-order valence-electron chi connectivity index (χ2n) is 5.98. The molecule has 0 saturated heterocycles. The molecule has 0 amide bonds. The van der Waals surface area contributed by atoms with Crippen molar-refractivity contribution >= 4 is 10.9 Å². The van der Waals surface area contributed by atoms with Crippen LogP contribution in [-0.4, -0.2) is 0 Å². The fourth-order valence-electron chi connectivity index (χ4n) is 3.18. The molecule has 4 rings (SSSR count). The average Bonchev–Trinajstić information content (AvgIpc) is 2.62. The fourth-order valence-corrected chi connectivity index (χ4v) is 3.18. The van der Waals surface area contributed by atoms with Crippen LogP contribution in [0.2, 0.25) is 0 Å². The van der Waals surface area contributed by atoms with Gasteiger partial charge in [0, 0.05) is 10.9 Å². The number of hydrogen-bond acceptors (Lipinski definition) is 1. The van der Waals surface area contributed by atoms with Crippen LogP contribution in [0.25, 0.3) is 33.2 Å². The summed E-state index contributed by atoms with van der Waals surface area (Å²) in [4.78, 5) is 0. The summed E-state index contributed by atoms with van der Waals surface area (Å²) < 4.78 is 1.93. The number of aryl methyl sites for hydroxylation is 1. The first-order valence-electron chi connectivity index (χ1n) is 7.98. The molecule has 3 aromatic carbocycles. The van der Waals surface area contributed by atoms with Crippen molar-refractivity contribution in [2.45, 2.75) is 0 Å². The van der Waals surface area contributed by atoms with E-state index in [0.717, 1.165) is 33.2 Å². The third kappa shape index (κ3) is 2.52. The molecule has 0 aliphatic heterocycles. The second-order valence-corrected chi connectivity index (χ2v) is 5.98. The van der Waals surface area contributed by atoms with Gasteiger partial charge in [-0.15, -0.1) is 0 Å². The number of aromatic nitrogens is 1. The Hall–Kier alpha value is -3.13. The standard InChI is InChI=1S/C22H17NO/c1-23-15-20(17-10-6-3-7-11-17)13-19-12-18(14-21(24)22(19)23)16-8-4-2-5-9-16/h2-15H,1H3. The Morgan fingerprint density at radius 3 is 1.83 bits per heavy atom. The molecule has 0 spiro atoms. The van der Waals surface area contributed by atoms with Crippen molar-refractivity contribution in [3.05, 3.63) is 85.1 Å². The summed E-state index contributed by atoms with van der Waals surface area (Å²) in [6.45, 7) is 0. The maximum Gasteiger partial charge on any atom is 0.204 e. The molecule has 0 aliphatic rings. The van der Waals surface area contributed by atoms with E-state index in [4.69, 9.17) is 0 Å². The predicted octanol–water partition coefficient (Wildman–Crippen LogP) is 4.07. The van der Waals surface area contributed by atoms with Gasteiger partial charge in [-0.2, -0.15) is 0 Å². The van der Waals surface area contributed by atoms with E-state index in [1.807, 2.05) is 66.3 Å². The number of benzene rings is 3. The minimum absolute atomic E-state index is 0.0495. The van der Waals surface area contributed by atoms with E-state index >= 15 is 0 Å². The number of nitrogens with zero attached hydrogens (tertiary/aromatic N) is 1. The van der Waals surface area contributed by atoms with Crippen molar-refractivity contribution in [2.24, 2.45) is 7.05 Å². The van der Waals surface area contributed by atoms with Crippen molar-refractivity contribution in [1.29, 1.82) is 0 Å². The molecule has 1 heterocycles. The summed E-state index contributed by atoms with van der Waals surface area (Å²) >= 11 is 0. The first kappa shape index (κ1) is 14.5. The fraction of sp³-hybridized carbons (Fsp3) is 0.0455. The van der Waals surface area contributed by atoms with Gasteiger partial charge in [0.05, 0.1) is 0 Å². The highest BCUT2D eigenvalue weighted by atomic mass is 16.3. The molecule has 0 fully saturated rings. The zero-order valence-electron chi connectivity index (χ0n) is 13.4. The van der Waals surface area contributed by atoms with Gasteiger partial charge < -0.3 is 5.11 Å². The summed E-state index contributed by atoms with van der Waals surface area (Å²) in [5.74, 6) is 0.0495. The molecule has 2 heteroatoms. The normalized spacial score (nSPS) is 10.9. The smallest absolute Gasteiger partial charge is 0.204 e. The number of hydrogen-bond donors (Lipinski definition) is 0. The van der Waals surface area contributed by atoms with Crippen molar-refractivity contribution in [1.82, 2.24) is 0 Å². The first-order valence-corrected chi connectivity index (χ1v) is 7.98. The second kappa shape index (κ2) is 5.82. The zero-order chi connectivity index (χ0) is 16.5. The van der Waals surface area contributed by atoms with Gasteiger partial charge >= 0.3 is 0 Å². The van der Waals surface area contributed by atoms with Gasteiger partial charge in [-0.3, -0.25) is 0 Å². The Kier molecular flexibility index (Phi) is 3.51. The molecule has 24 heavy (non-hydrogen) atoms. The first-order chi connectivity index (χ1) is 11.7. The van der Waals surface area contributed by atoms with Crippen molar-refractivity contribution in [3.63, 3.8) is 0 Å². The van der Waals surface area contributed by atoms with E-state index < -0.39 is 0 Å². The Labute approximate surface area is 141 Å². The van der Waals surface area contributed by atoms with Gasteiger partial charge in [0.2, 0.25) is 5.52 Å². The highest BCUT2D eigenvalue weighted by molar-refractivity contribution is 5.89. The predicted molar refractivity (Wildman–Crippen MR) is 95.4 cm³/mol. The lowest BCUT2D eigenvalue weighted by Gasteiger charge is -2.13. The lowest BCUT2D eigenvalue weighted by atomic mass is 10.00. The van der Waals surface area contributed by atoms with Crippen molar-refractivity contribution < 1.29 is 9.67 Å². The average molecular weight is 311 g/mol. The molecular formula is C22H17NO. The van der Waals surface area contributed by atoms with Crippen LogP contribution < -0.4 is 9.67 Å². The topological polar surface area (TPSA) is 26.9 Å². The Bertz CT molecular complexity index is 928. The maximum atomic E-state index is 12.6. The van der Waals surface area contributed by atoms with Crippen LogP contribution >= 0.6 is 0 Å². The number of rotatable bonds is 2. The molecule has 0 saturated carbocycles. The third-order valence-electron chi connectivity index (χ3n) is 4.32.